The van der Waals surface area contributed by atoms with Crippen molar-refractivity contribution in [1.29, 1.82) is 0 Å². The van der Waals surface area contributed by atoms with Crippen molar-refractivity contribution < 1.29 is 18.3 Å². The van der Waals surface area contributed by atoms with Gasteiger partial charge >= 0.3 is 0 Å². The topological polar surface area (TPSA) is 120 Å². The molecule has 0 spiro atoms. The summed E-state index contributed by atoms with van der Waals surface area (Å²) >= 11 is 5.78. The van der Waals surface area contributed by atoms with Gasteiger partial charge in [-0.2, -0.15) is 4.98 Å². The van der Waals surface area contributed by atoms with E-state index >= 15 is 0 Å². The van der Waals surface area contributed by atoms with Crippen LogP contribution in [-0.4, -0.2) is 44.7 Å². The van der Waals surface area contributed by atoms with Gasteiger partial charge < -0.3 is 21.1 Å². The Morgan fingerprint density at radius 3 is 2.63 bits per heavy atom. The van der Waals surface area contributed by atoms with Crippen LogP contribution in [0, 0.1) is 11.6 Å². The molecule has 4 N–H and O–H groups in total. The molecule has 9 nitrogen and oxygen atoms in total. The zero-order valence-corrected chi connectivity index (χ0v) is 20.1. The van der Waals surface area contributed by atoms with E-state index in [0.717, 1.165) is 31.4 Å². The van der Waals surface area contributed by atoms with Gasteiger partial charge in [0.2, 0.25) is 17.8 Å². The summed E-state index contributed by atoms with van der Waals surface area (Å²) in [4.78, 5) is 25.1. The number of carbonyl (C=O) groups excluding carboxylic acids is 1. The highest BCUT2D eigenvalue weighted by atomic mass is 35.5. The fourth-order valence-electron chi connectivity index (χ4n) is 4.24. The number of imidazole rings is 1. The second-order valence-electron chi connectivity index (χ2n) is 8.56. The van der Waals surface area contributed by atoms with Crippen molar-refractivity contribution in [3.05, 3.63) is 35.0 Å². The Bertz CT molecular complexity index is 1180. The number of nitrogens with zero attached hydrogens (tertiary/aromatic N) is 4. The summed E-state index contributed by atoms with van der Waals surface area (Å²) in [5, 5.41) is 6.05. The van der Waals surface area contributed by atoms with Crippen LogP contribution in [0.1, 0.15) is 51.5 Å². The monoisotopic (exact) mass is 507 g/mol. The minimum atomic E-state index is -0.856. The Morgan fingerprint density at radius 2 is 1.97 bits per heavy atom. The van der Waals surface area contributed by atoms with E-state index in [0.29, 0.717) is 43.2 Å². The summed E-state index contributed by atoms with van der Waals surface area (Å²) in [6.07, 6.45) is 5.26. The molecule has 2 aromatic heterocycles. The van der Waals surface area contributed by atoms with Gasteiger partial charge in [0, 0.05) is 36.7 Å². The average Bonchev–Trinajstić information content (AvgIpc) is 3.17. The average molecular weight is 508 g/mol. The summed E-state index contributed by atoms with van der Waals surface area (Å²) in [7, 11) is 0. The predicted molar refractivity (Wildman–Crippen MR) is 130 cm³/mol. The highest BCUT2D eigenvalue weighted by Gasteiger charge is 2.24. The molecule has 188 valence electrons. The molecule has 0 aliphatic carbocycles. The Kier molecular flexibility index (Phi) is 7.97. The summed E-state index contributed by atoms with van der Waals surface area (Å²) < 4.78 is 36.3. The second kappa shape index (κ2) is 11.1. The molecule has 0 bridgehead atoms. The van der Waals surface area contributed by atoms with Crippen molar-refractivity contribution in [1.82, 2.24) is 19.5 Å². The number of anilines is 3. The quantitative estimate of drug-likeness (QED) is 0.364. The number of hydrogen-bond donors (Lipinski definition) is 3. The Morgan fingerprint density at radius 1 is 1.26 bits per heavy atom. The summed E-state index contributed by atoms with van der Waals surface area (Å²) in [6.45, 7) is 3.33. The fourth-order valence-corrected chi connectivity index (χ4v) is 4.43. The lowest BCUT2D eigenvalue weighted by Crippen LogP contribution is -2.28. The maximum Gasteiger partial charge on any atom is 0.224 e. The lowest BCUT2D eigenvalue weighted by atomic mass is 10.1. The zero-order chi connectivity index (χ0) is 24.9. The van der Waals surface area contributed by atoms with Gasteiger partial charge in [0.1, 0.15) is 11.2 Å². The minimum absolute atomic E-state index is 0.0564. The van der Waals surface area contributed by atoms with Crippen LogP contribution < -0.4 is 16.4 Å². The first-order valence-electron chi connectivity index (χ1n) is 11.6. The first-order valence-corrected chi connectivity index (χ1v) is 12.0. The van der Waals surface area contributed by atoms with Gasteiger partial charge in [0.05, 0.1) is 6.20 Å². The van der Waals surface area contributed by atoms with Gasteiger partial charge in [0.15, 0.2) is 17.3 Å². The van der Waals surface area contributed by atoms with Crippen LogP contribution in [0.3, 0.4) is 0 Å². The van der Waals surface area contributed by atoms with Crippen LogP contribution in [0.2, 0.25) is 5.02 Å². The first-order chi connectivity index (χ1) is 16.9. The number of fused-ring (bicyclic) bond motifs is 1. The van der Waals surface area contributed by atoms with Crippen molar-refractivity contribution in [2.75, 3.05) is 23.8 Å². The molecular weight excluding hydrogens is 480 g/mol. The van der Waals surface area contributed by atoms with Gasteiger partial charge in [-0.25, -0.2) is 18.7 Å². The predicted octanol–water partition coefficient (Wildman–Crippen LogP) is 4.70. The number of nitrogens with one attached hydrogen (secondary N) is 2. The molecule has 1 atom stereocenters. The first kappa shape index (κ1) is 25.1. The standard InChI is InChI=1S/C23H28ClF2N7O2/c1-2-3-15(4-5-19(27)34)33-21-18(12-28-22(32-21)29-14-6-8-35-9-7-14)30-23(33)31-20-16(25)10-13(24)11-17(20)26/h10-12,14-15H,2-9H2,1H3,(H2,27,34)(H,30,31)(H,28,29,32)/t15-/m0/s1. The zero-order valence-electron chi connectivity index (χ0n) is 19.4. The van der Waals surface area contributed by atoms with Crippen LogP contribution in [0.5, 0.6) is 0 Å². The third kappa shape index (κ3) is 5.96. The molecule has 0 unspecified atom stereocenters. The van der Waals surface area contributed by atoms with Crippen molar-refractivity contribution >= 4 is 46.3 Å². The van der Waals surface area contributed by atoms with Gasteiger partial charge in [-0.3, -0.25) is 9.36 Å². The van der Waals surface area contributed by atoms with E-state index in [1.807, 2.05) is 6.92 Å². The maximum absolute atomic E-state index is 14.6. The van der Waals surface area contributed by atoms with E-state index in [1.54, 1.807) is 10.8 Å². The van der Waals surface area contributed by atoms with E-state index in [-0.39, 0.29) is 35.2 Å². The highest BCUT2D eigenvalue weighted by Crippen LogP contribution is 2.33. The number of benzene rings is 1. The smallest absolute Gasteiger partial charge is 0.224 e. The van der Waals surface area contributed by atoms with E-state index < -0.39 is 17.5 Å². The molecule has 1 amide bonds. The summed E-state index contributed by atoms with van der Waals surface area (Å²) in [5.41, 5.74) is 5.95. The van der Waals surface area contributed by atoms with Gasteiger partial charge in [0.25, 0.3) is 0 Å². The third-order valence-corrected chi connectivity index (χ3v) is 6.16. The Labute approximate surface area is 206 Å². The van der Waals surface area contributed by atoms with E-state index in [9.17, 15) is 13.6 Å². The Hall–Kier alpha value is -3.05. The molecule has 3 heterocycles. The molecule has 1 aliphatic rings. The van der Waals surface area contributed by atoms with E-state index in [4.69, 9.17) is 27.1 Å². The van der Waals surface area contributed by atoms with Crippen LogP contribution in [0.15, 0.2) is 18.3 Å². The fraction of sp³-hybridized carbons (Fsp3) is 0.478. The number of carbonyl (C=O) groups is 1. The number of aromatic nitrogens is 4. The molecule has 3 aromatic rings. The highest BCUT2D eigenvalue weighted by molar-refractivity contribution is 6.30. The molecule has 1 saturated heterocycles. The molecule has 1 aromatic carbocycles. The van der Waals surface area contributed by atoms with Crippen LogP contribution in [-0.2, 0) is 9.53 Å². The number of hydrogen-bond acceptors (Lipinski definition) is 7. The number of halogens is 3. The van der Waals surface area contributed by atoms with Crippen molar-refractivity contribution in [3.63, 3.8) is 0 Å². The molecule has 0 saturated carbocycles. The molecule has 0 radical (unpaired) electrons. The van der Waals surface area contributed by atoms with Crippen LogP contribution >= 0.6 is 11.6 Å². The molecule has 4 rings (SSSR count). The van der Waals surface area contributed by atoms with Crippen molar-refractivity contribution in [3.8, 4) is 0 Å². The molecule has 12 heteroatoms. The SMILES string of the molecule is CCC[C@@H](CCC(N)=O)n1c(Nc2c(F)cc(Cl)cc2F)nc2cnc(NC3CCOCC3)nc21. The van der Waals surface area contributed by atoms with Crippen molar-refractivity contribution in [2.24, 2.45) is 5.73 Å². The summed E-state index contributed by atoms with van der Waals surface area (Å²) in [5.74, 6) is -1.54. The number of rotatable bonds is 10. The second-order valence-corrected chi connectivity index (χ2v) is 8.99. The number of ether oxygens (including phenoxy) is 1. The van der Waals surface area contributed by atoms with Crippen LogP contribution in [0.4, 0.5) is 26.4 Å². The minimum Gasteiger partial charge on any atom is -0.381 e. The lowest BCUT2D eigenvalue weighted by molar-refractivity contribution is -0.118. The molecule has 35 heavy (non-hydrogen) atoms. The number of amides is 1. The van der Waals surface area contributed by atoms with Gasteiger partial charge in [-0.05, 0) is 37.8 Å². The lowest BCUT2D eigenvalue weighted by Gasteiger charge is -2.23. The van der Waals surface area contributed by atoms with Gasteiger partial charge in [-0.1, -0.05) is 24.9 Å². The maximum atomic E-state index is 14.6. The van der Waals surface area contributed by atoms with Crippen molar-refractivity contribution in [2.45, 2.75) is 57.5 Å². The number of primary amides is 1. The van der Waals surface area contributed by atoms with Gasteiger partial charge in [-0.15, -0.1) is 0 Å². The normalized spacial score (nSPS) is 15.3. The Balaban J connectivity index is 1.77. The van der Waals surface area contributed by atoms with Crippen LogP contribution in [0.25, 0.3) is 11.2 Å². The molecular formula is C23H28ClF2N7O2. The molecule has 1 fully saturated rings. The van der Waals surface area contributed by atoms with E-state index in [2.05, 4.69) is 20.6 Å². The summed E-state index contributed by atoms with van der Waals surface area (Å²) in [6, 6.07) is 1.97. The third-order valence-electron chi connectivity index (χ3n) is 5.94. The van der Waals surface area contributed by atoms with E-state index in [1.165, 1.54) is 0 Å². The largest absolute Gasteiger partial charge is 0.381 e. The molecule has 1 aliphatic heterocycles. The number of nitrogens with two attached hydrogens (primary N) is 1.